The minimum Gasteiger partial charge on any atom is -0.447 e. The van der Waals surface area contributed by atoms with Crippen molar-refractivity contribution in [3.63, 3.8) is 0 Å². The molecule has 44 heavy (non-hydrogen) atoms. The molecule has 3 amide bonds. The van der Waals surface area contributed by atoms with Crippen LogP contribution in [-0.4, -0.2) is 48.2 Å². The minimum atomic E-state index is -0.757. The van der Waals surface area contributed by atoms with Gasteiger partial charge < -0.3 is 30.8 Å². The van der Waals surface area contributed by atoms with Crippen molar-refractivity contribution in [2.45, 2.75) is 32.2 Å². The Bertz CT molecular complexity index is 1550. The van der Waals surface area contributed by atoms with E-state index in [2.05, 4.69) is 25.9 Å². The number of amides is 3. The molecule has 1 aliphatic rings. The lowest BCUT2D eigenvalue weighted by atomic mass is 9.99. The molecule has 13 nitrogen and oxygen atoms in total. The number of nitrogens with one attached hydrogen (secondary N) is 4. The van der Waals surface area contributed by atoms with Crippen LogP contribution in [0.15, 0.2) is 54.5 Å². The van der Waals surface area contributed by atoms with Crippen LogP contribution in [0.1, 0.15) is 38.1 Å². The third-order valence-electron chi connectivity index (χ3n) is 6.89. The molecule has 15 heteroatoms. The zero-order valence-corrected chi connectivity index (χ0v) is 24.9. The van der Waals surface area contributed by atoms with Gasteiger partial charge in [0.25, 0.3) is 5.91 Å². The predicted octanol–water partition coefficient (Wildman–Crippen LogP) is 4.16. The summed E-state index contributed by atoms with van der Waals surface area (Å²) in [6.45, 7) is 2.15. The first kappa shape index (κ1) is 32.3. The van der Waals surface area contributed by atoms with Gasteiger partial charge in [-0.1, -0.05) is 31.0 Å². The predicted molar refractivity (Wildman–Crippen MR) is 164 cm³/mol. The van der Waals surface area contributed by atoms with Gasteiger partial charge in [0.2, 0.25) is 5.91 Å². The van der Waals surface area contributed by atoms with Crippen LogP contribution in [-0.2, 0) is 19.1 Å². The molecule has 2 aromatic carbocycles. The van der Waals surface area contributed by atoms with Gasteiger partial charge in [-0.2, -0.15) is 0 Å². The fourth-order valence-corrected chi connectivity index (χ4v) is 4.66. The molecule has 0 aliphatic carbocycles. The number of benzene rings is 2. The highest BCUT2D eigenvalue weighted by atomic mass is 35.5. The van der Waals surface area contributed by atoms with Crippen molar-refractivity contribution in [2.24, 2.45) is 17.5 Å². The molecular formula is C29H34ClFN8O5. The molecule has 4 rings (SSSR count). The Labute approximate surface area is 258 Å². The fourth-order valence-electron chi connectivity index (χ4n) is 4.49. The number of H-pyrrole nitrogens is 1. The van der Waals surface area contributed by atoms with E-state index in [1.165, 1.54) is 25.3 Å². The van der Waals surface area contributed by atoms with E-state index in [1.807, 2.05) is 0 Å². The molecule has 3 aromatic rings. The quantitative estimate of drug-likeness (QED) is 0.0920. The second-order valence-electron chi connectivity index (χ2n) is 10.1. The maximum atomic E-state index is 14.4. The number of nitrogens with two attached hydrogens (primary N) is 2. The van der Waals surface area contributed by atoms with Gasteiger partial charge in [0, 0.05) is 24.3 Å². The number of nitrogens with zero attached hydrogens (tertiary/aromatic N) is 2. The third kappa shape index (κ3) is 8.03. The zero-order valence-electron chi connectivity index (χ0n) is 24.2. The summed E-state index contributed by atoms with van der Waals surface area (Å²) in [4.78, 5) is 46.0. The molecule has 2 heterocycles. The number of carbonyl (C=O) groups is 3. The van der Waals surface area contributed by atoms with Crippen LogP contribution in [0.3, 0.4) is 0 Å². The lowest BCUT2D eigenvalue weighted by Gasteiger charge is -2.21. The van der Waals surface area contributed by atoms with Crippen molar-refractivity contribution < 1.29 is 28.2 Å². The molecular weight excluding hydrogens is 595 g/mol. The summed E-state index contributed by atoms with van der Waals surface area (Å²) in [5.74, 6) is 4.40. The monoisotopic (exact) mass is 628 g/mol. The van der Waals surface area contributed by atoms with Gasteiger partial charge in [-0.15, -0.1) is 0 Å². The number of hydrazine groups is 1. The van der Waals surface area contributed by atoms with Crippen LogP contribution < -0.4 is 32.5 Å². The first-order valence-electron chi connectivity index (χ1n) is 13.8. The molecule has 2 unspecified atom stereocenters. The summed E-state index contributed by atoms with van der Waals surface area (Å²) in [5.41, 5.74) is 7.69. The second kappa shape index (κ2) is 14.7. The largest absolute Gasteiger partial charge is 0.447 e. The van der Waals surface area contributed by atoms with Crippen molar-refractivity contribution in [1.29, 1.82) is 0 Å². The summed E-state index contributed by atoms with van der Waals surface area (Å²) < 4.78 is 24.3. The van der Waals surface area contributed by atoms with E-state index in [4.69, 9.17) is 32.7 Å². The van der Waals surface area contributed by atoms with Crippen molar-refractivity contribution in [1.82, 2.24) is 15.3 Å². The lowest BCUT2D eigenvalue weighted by Crippen LogP contribution is -2.36. The number of halogens is 2. The molecule has 0 saturated carbocycles. The lowest BCUT2D eigenvalue weighted by molar-refractivity contribution is -0.120. The van der Waals surface area contributed by atoms with Crippen LogP contribution in [0.2, 0.25) is 5.02 Å². The van der Waals surface area contributed by atoms with Crippen LogP contribution in [0.25, 0.3) is 11.3 Å². The van der Waals surface area contributed by atoms with Crippen molar-refractivity contribution >= 4 is 46.6 Å². The molecule has 0 spiro atoms. The number of fused-ring (bicyclic) bond motifs is 4. The van der Waals surface area contributed by atoms with E-state index in [-0.39, 0.29) is 41.4 Å². The Hall–Kier alpha value is -4.66. The number of aromatic nitrogens is 2. The number of methoxy groups -OCH3 is 1. The van der Waals surface area contributed by atoms with Crippen LogP contribution in [0, 0.1) is 11.7 Å². The summed E-state index contributed by atoms with van der Waals surface area (Å²) in [6.07, 6.45) is 3.53. The van der Waals surface area contributed by atoms with Gasteiger partial charge in [-0.05, 0) is 43.2 Å². The Morgan fingerprint density at radius 3 is 2.82 bits per heavy atom. The Balaban J connectivity index is 1.57. The third-order valence-corrected chi connectivity index (χ3v) is 7.18. The molecule has 8 N–H and O–H groups in total. The van der Waals surface area contributed by atoms with Gasteiger partial charge in [-0.3, -0.25) is 19.9 Å². The fraction of sp³-hybridized carbons (Fsp3) is 0.310. The van der Waals surface area contributed by atoms with Gasteiger partial charge in [-0.25, -0.2) is 20.0 Å². The van der Waals surface area contributed by atoms with E-state index in [9.17, 15) is 18.8 Å². The second-order valence-corrected chi connectivity index (χ2v) is 10.5. The number of imidazole rings is 1. The van der Waals surface area contributed by atoms with E-state index in [0.29, 0.717) is 47.7 Å². The number of carbonyl (C=O) groups excluding carboxylic acids is 3. The van der Waals surface area contributed by atoms with Crippen molar-refractivity contribution in [3.05, 3.63) is 71.2 Å². The number of rotatable bonds is 8. The van der Waals surface area contributed by atoms with Crippen LogP contribution >= 0.6 is 11.6 Å². The van der Waals surface area contributed by atoms with Gasteiger partial charge in [0.1, 0.15) is 18.1 Å². The number of anilines is 3. The molecule has 0 fully saturated rings. The van der Waals surface area contributed by atoms with Gasteiger partial charge in [0.15, 0.2) is 5.82 Å². The Morgan fingerprint density at radius 1 is 1.25 bits per heavy atom. The maximum Gasteiger partial charge on any atom is 0.411 e. The topological polar surface area (TPSA) is 190 Å². The molecule has 2 bridgehead atoms. The molecule has 0 saturated heterocycles. The van der Waals surface area contributed by atoms with Crippen LogP contribution in [0.4, 0.5) is 26.2 Å². The van der Waals surface area contributed by atoms with Crippen molar-refractivity contribution in [3.8, 4) is 11.3 Å². The average molecular weight is 629 g/mol. The smallest absolute Gasteiger partial charge is 0.411 e. The first-order valence-corrected chi connectivity index (χ1v) is 14.1. The van der Waals surface area contributed by atoms with E-state index < -0.39 is 23.9 Å². The molecule has 234 valence electrons. The number of hydrogen-bond acceptors (Lipinski definition) is 9. The summed E-state index contributed by atoms with van der Waals surface area (Å²) in [7, 11) is 1.50. The molecule has 2 atom stereocenters. The number of aromatic amines is 1. The molecule has 1 aromatic heterocycles. The van der Waals surface area contributed by atoms with Crippen LogP contribution in [0.5, 0.6) is 0 Å². The van der Waals surface area contributed by atoms with Gasteiger partial charge >= 0.3 is 6.09 Å². The maximum absolute atomic E-state index is 14.4. The number of ether oxygens (including phenoxy) is 2. The average Bonchev–Trinajstić information content (AvgIpc) is 3.47. The minimum absolute atomic E-state index is 0.0674. The molecule has 0 radical (unpaired) electrons. The summed E-state index contributed by atoms with van der Waals surface area (Å²) in [6, 6.07) is 8.67. The number of hydrogen-bond donors (Lipinski definition) is 6. The standard InChI is InChI=1S/C29H34ClFN8O5/c1-16-5-3-7-21(37-28(41)20(32)15-39(33)24-8-4-6-19(30)25(24)31)26-34-14-23(36-26)18-10-9-17(13-22(18)38-27(16)40)35-29(42)44-12-11-43-2/h4,6,8-10,13-16,21H,3,5,7,11-12,32-33H2,1-2H3,(H,34,36)(H,35,42)(H,37,41)(H,38,40)/b20-15-. The molecule has 1 aliphatic heterocycles. The zero-order chi connectivity index (χ0) is 31.8. The van der Waals surface area contributed by atoms with E-state index in [1.54, 1.807) is 31.3 Å². The van der Waals surface area contributed by atoms with Gasteiger partial charge in [0.05, 0.1) is 47.1 Å². The summed E-state index contributed by atoms with van der Waals surface area (Å²) in [5, 5.41) is 9.18. The van der Waals surface area contributed by atoms with E-state index in [0.717, 1.165) is 11.2 Å². The first-order chi connectivity index (χ1) is 21.1. The summed E-state index contributed by atoms with van der Waals surface area (Å²) >= 11 is 5.83. The Kier molecular flexibility index (Phi) is 10.8. The highest BCUT2D eigenvalue weighted by Crippen LogP contribution is 2.33. The van der Waals surface area contributed by atoms with Crippen molar-refractivity contribution in [2.75, 3.05) is 36.0 Å². The SMILES string of the molecule is COCCOC(=O)Nc1ccc2c(c1)NC(=O)C(C)CCCC(NC(=O)/C(N)=C/N(N)c1cccc(Cl)c1F)c1ncc-2[nH]1. The highest BCUT2D eigenvalue weighted by Gasteiger charge is 2.24. The van der Waals surface area contributed by atoms with E-state index >= 15 is 0 Å². The highest BCUT2D eigenvalue weighted by molar-refractivity contribution is 6.31. The Morgan fingerprint density at radius 2 is 2.05 bits per heavy atom. The normalized spacial score (nSPS) is 16.9.